The molecule has 15 heteroatoms. The van der Waals surface area contributed by atoms with E-state index in [4.69, 9.17) is 11.6 Å². The van der Waals surface area contributed by atoms with Gasteiger partial charge in [0, 0.05) is 30.6 Å². The number of benzene rings is 3. The average Bonchev–Trinajstić information content (AvgIpc) is 3.54. The van der Waals surface area contributed by atoms with Gasteiger partial charge in [0.05, 0.1) is 32.5 Å². The molecule has 3 amide bonds. The molecule has 0 aliphatic heterocycles. The van der Waals surface area contributed by atoms with Crippen molar-refractivity contribution in [2.75, 3.05) is 11.9 Å². The Balaban J connectivity index is 1.41. The van der Waals surface area contributed by atoms with Crippen LogP contribution in [0.25, 0.3) is 21.1 Å². The number of nitrogens with one attached hydrogen (secondary N) is 2. The zero-order valence-electron chi connectivity index (χ0n) is 20.5. The number of halogens is 3. The number of likely N-dealkylation sites (N-methyl/N-ethyl adjacent to an activating group) is 1. The molecule has 0 spiro atoms. The molecule has 1 unspecified atom stereocenters. The first kappa shape index (κ1) is 27.4. The Morgan fingerprint density at radius 1 is 1.12 bits per heavy atom. The summed E-state index contributed by atoms with van der Waals surface area (Å²) in [5.41, 5.74) is 2.92. The molecule has 1 atom stereocenters. The van der Waals surface area contributed by atoms with E-state index in [-0.39, 0.29) is 22.5 Å². The summed E-state index contributed by atoms with van der Waals surface area (Å²) in [6.07, 6.45) is 0.887. The topological polar surface area (TPSA) is 126 Å². The highest BCUT2D eigenvalue weighted by molar-refractivity contribution is 7.88. The average molecular weight is 605 g/mol. The lowest BCUT2D eigenvalue weighted by Gasteiger charge is -2.25. The first-order chi connectivity index (χ1) is 19.0. The molecule has 2 aromatic heterocycles. The van der Waals surface area contributed by atoms with Crippen LogP contribution in [0.4, 0.5) is 19.3 Å². The maximum Gasteiger partial charge on any atom is 0.347 e. The van der Waals surface area contributed by atoms with Gasteiger partial charge in [-0.25, -0.2) is 23.3 Å². The zero-order chi connectivity index (χ0) is 28.6. The summed E-state index contributed by atoms with van der Waals surface area (Å²) in [5.74, 6) is -2.43. The van der Waals surface area contributed by atoms with Crippen molar-refractivity contribution in [2.24, 2.45) is 0 Å². The van der Waals surface area contributed by atoms with E-state index in [2.05, 4.69) is 15.4 Å². The quantitative estimate of drug-likeness (QED) is 0.286. The largest absolute Gasteiger partial charge is 0.347 e. The normalized spacial score (nSPS) is 12.4. The summed E-state index contributed by atoms with van der Waals surface area (Å²) < 4.78 is 57.0. The number of carbonyl (C=O) groups is 2. The fourth-order valence-electron chi connectivity index (χ4n) is 4.11. The molecular formula is C25H19ClF2N6O4S2. The Morgan fingerprint density at radius 3 is 2.62 bits per heavy atom. The molecule has 2 heterocycles. The molecular weight excluding hydrogens is 586 g/mol. The molecule has 0 aliphatic rings. The van der Waals surface area contributed by atoms with E-state index in [1.165, 1.54) is 41.6 Å². The van der Waals surface area contributed by atoms with Gasteiger partial charge in [0.1, 0.15) is 17.7 Å². The SMILES string of the molecule is CN(C(=O)C(Cc1cc(F)cc(F)c1)NC(=O)NS(=O)(=O)n1ncc2c(Cl)cccc21)c1ccc2scnc2c1. The summed E-state index contributed by atoms with van der Waals surface area (Å²) >= 11 is 7.51. The van der Waals surface area contributed by atoms with Crippen LogP contribution >= 0.6 is 22.9 Å². The van der Waals surface area contributed by atoms with Crippen molar-refractivity contribution in [3.63, 3.8) is 0 Å². The maximum atomic E-state index is 13.9. The Kier molecular flexibility index (Phi) is 7.40. The second-order valence-corrected chi connectivity index (χ2v) is 11.5. The van der Waals surface area contributed by atoms with Crippen LogP contribution < -0.4 is 14.9 Å². The Bertz CT molecular complexity index is 1860. The number of hydrogen-bond donors (Lipinski definition) is 2. The van der Waals surface area contributed by atoms with Gasteiger partial charge in [-0.15, -0.1) is 15.4 Å². The highest BCUT2D eigenvalue weighted by atomic mass is 35.5. The molecule has 0 saturated heterocycles. The van der Waals surface area contributed by atoms with Gasteiger partial charge in [-0.3, -0.25) is 4.79 Å². The van der Waals surface area contributed by atoms with E-state index >= 15 is 0 Å². The number of rotatable bonds is 7. The second kappa shape index (κ2) is 10.8. The summed E-state index contributed by atoms with van der Waals surface area (Å²) in [6, 6.07) is 9.66. The Labute approximate surface area is 235 Å². The third kappa shape index (κ3) is 5.59. The van der Waals surface area contributed by atoms with Crippen LogP contribution in [0.5, 0.6) is 0 Å². The van der Waals surface area contributed by atoms with Gasteiger partial charge in [0.15, 0.2) is 0 Å². The number of hydrogen-bond acceptors (Lipinski definition) is 7. The molecule has 3 aromatic carbocycles. The fourth-order valence-corrected chi connectivity index (χ4v) is 5.96. The lowest BCUT2D eigenvalue weighted by atomic mass is 10.0. The van der Waals surface area contributed by atoms with Crippen molar-refractivity contribution in [3.8, 4) is 0 Å². The number of urea groups is 1. The number of amides is 3. The van der Waals surface area contributed by atoms with Crippen molar-refractivity contribution in [2.45, 2.75) is 12.5 Å². The third-order valence-electron chi connectivity index (χ3n) is 5.97. The van der Waals surface area contributed by atoms with Crippen LogP contribution in [0.3, 0.4) is 0 Å². The maximum absolute atomic E-state index is 13.9. The highest BCUT2D eigenvalue weighted by Gasteiger charge is 2.29. The summed E-state index contributed by atoms with van der Waals surface area (Å²) in [5, 5.41) is 6.73. The number of aromatic nitrogens is 3. The molecule has 5 rings (SSSR count). The highest BCUT2D eigenvalue weighted by Crippen LogP contribution is 2.25. The fraction of sp³-hybridized carbons (Fsp3) is 0.120. The minimum absolute atomic E-state index is 0.0649. The van der Waals surface area contributed by atoms with Crippen LogP contribution in [-0.4, -0.2) is 47.6 Å². The van der Waals surface area contributed by atoms with Gasteiger partial charge in [-0.05, 0) is 48.0 Å². The van der Waals surface area contributed by atoms with Gasteiger partial charge >= 0.3 is 16.2 Å². The van der Waals surface area contributed by atoms with Crippen LogP contribution in [-0.2, 0) is 21.4 Å². The number of carbonyl (C=O) groups excluding carboxylic acids is 2. The molecule has 0 aliphatic carbocycles. The number of fused-ring (bicyclic) bond motifs is 2. The van der Waals surface area contributed by atoms with E-state index in [1.54, 1.807) is 29.8 Å². The lowest BCUT2D eigenvalue weighted by Crippen LogP contribution is -2.53. The standard InChI is InChI=1S/C25H19ClF2N6O4S2/c1-33(17-5-6-23-20(11-17)29-13-39-23)24(35)21(9-14-7-15(27)10-16(28)8-14)31-25(36)32-40(37,38)34-22-4-2-3-19(26)18(22)12-30-34/h2-8,10-13,21H,9H2,1H3,(H2,31,32,36). The van der Waals surface area contributed by atoms with Crippen LogP contribution in [0.1, 0.15) is 5.56 Å². The predicted molar refractivity (Wildman–Crippen MR) is 148 cm³/mol. The van der Waals surface area contributed by atoms with E-state index < -0.39 is 39.8 Å². The van der Waals surface area contributed by atoms with Gasteiger partial charge in [0.25, 0.3) is 0 Å². The van der Waals surface area contributed by atoms with Gasteiger partial charge < -0.3 is 10.2 Å². The van der Waals surface area contributed by atoms with Gasteiger partial charge in [-0.1, -0.05) is 17.7 Å². The van der Waals surface area contributed by atoms with Crippen molar-refractivity contribution >= 4 is 71.9 Å². The van der Waals surface area contributed by atoms with Crippen molar-refractivity contribution in [1.29, 1.82) is 0 Å². The monoisotopic (exact) mass is 604 g/mol. The molecule has 0 bridgehead atoms. The molecule has 206 valence electrons. The van der Waals surface area contributed by atoms with E-state index in [1.807, 2.05) is 4.72 Å². The zero-order valence-corrected chi connectivity index (χ0v) is 22.9. The van der Waals surface area contributed by atoms with Crippen LogP contribution in [0.2, 0.25) is 5.02 Å². The molecule has 40 heavy (non-hydrogen) atoms. The minimum Gasteiger partial charge on any atom is -0.325 e. The summed E-state index contributed by atoms with van der Waals surface area (Å²) in [6.45, 7) is 0. The van der Waals surface area contributed by atoms with E-state index in [0.29, 0.717) is 26.7 Å². The molecule has 2 N–H and O–H groups in total. The van der Waals surface area contributed by atoms with Gasteiger partial charge in [-0.2, -0.15) is 13.5 Å². The number of thiazole rings is 1. The van der Waals surface area contributed by atoms with Gasteiger partial charge in [0.2, 0.25) is 5.91 Å². The Hall–Kier alpha value is -4.14. The predicted octanol–water partition coefficient (Wildman–Crippen LogP) is 4.24. The van der Waals surface area contributed by atoms with Crippen LogP contribution in [0, 0.1) is 11.6 Å². The van der Waals surface area contributed by atoms with Crippen molar-refractivity contribution in [3.05, 3.63) is 88.5 Å². The number of anilines is 1. The molecule has 0 radical (unpaired) electrons. The minimum atomic E-state index is -4.57. The first-order valence-corrected chi connectivity index (χ1v) is 14.2. The molecule has 0 fully saturated rings. The van der Waals surface area contributed by atoms with Crippen molar-refractivity contribution in [1.82, 2.24) is 24.2 Å². The first-order valence-electron chi connectivity index (χ1n) is 11.5. The van der Waals surface area contributed by atoms with Crippen LogP contribution in [0.15, 0.2) is 66.3 Å². The summed E-state index contributed by atoms with van der Waals surface area (Å²) in [7, 11) is -3.13. The summed E-state index contributed by atoms with van der Waals surface area (Å²) in [4.78, 5) is 31.9. The lowest BCUT2D eigenvalue weighted by molar-refractivity contribution is -0.120. The molecule has 0 saturated carbocycles. The Morgan fingerprint density at radius 2 is 1.88 bits per heavy atom. The molecule has 5 aromatic rings. The van der Waals surface area contributed by atoms with E-state index in [9.17, 15) is 26.8 Å². The number of nitrogens with zero attached hydrogens (tertiary/aromatic N) is 4. The second-order valence-electron chi connectivity index (χ2n) is 8.68. The third-order valence-corrected chi connectivity index (χ3v) is 8.30. The smallest absolute Gasteiger partial charge is 0.325 e. The van der Waals surface area contributed by atoms with Crippen molar-refractivity contribution < 1.29 is 26.8 Å². The molecule has 10 nitrogen and oxygen atoms in total. The van der Waals surface area contributed by atoms with E-state index in [0.717, 1.165) is 16.8 Å².